The zero-order chi connectivity index (χ0) is 16.6. The summed E-state index contributed by atoms with van der Waals surface area (Å²) < 4.78 is 4.69. The average molecular weight is 353 g/mol. The number of pyridine rings is 2. The fraction of sp³-hybridized carbons (Fsp3) is 0.267. The fourth-order valence-electron chi connectivity index (χ4n) is 2.46. The molecule has 6 nitrogen and oxygen atoms in total. The molecule has 0 aliphatic carbocycles. The van der Waals surface area contributed by atoms with Crippen LogP contribution in [-0.4, -0.2) is 29.2 Å². The molecule has 0 fully saturated rings. The van der Waals surface area contributed by atoms with Gasteiger partial charge in [0.25, 0.3) is 0 Å². The third-order valence-corrected chi connectivity index (χ3v) is 4.16. The molecule has 0 spiro atoms. The van der Waals surface area contributed by atoms with Gasteiger partial charge in [0, 0.05) is 12.1 Å². The number of hydrogen-bond acceptors (Lipinski definition) is 6. The maximum absolute atomic E-state index is 11.6. The molecule has 1 aliphatic rings. The Labute approximate surface area is 143 Å². The van der Waals surface area contributed by atoms with E-state index in [0.717, 1.165) is 11.3 Å². The van der Waals surface area contributed by atoms with Gasteiger partial charge in [0.05, 0.1) is 19.0 Å². The van der Waals surface area contributed by atoms with E-state index >= 15 is 0 Å². The smallest absolute Gasteiger partial charge is 0.356 e. The zero-order valence-corrected chi connectivity index (χ0v) is 14.0. The van der Waals surface area contributed by atoms with E-state index < -0.39 is 5.97 Å². The predicted molar refractivity (Wildman–Crippen MR) is 89.1 cm³/mol. The predicted octanol–water partition coefficient (Wildman–Crippen LogP) is 3.35. The van der Waals surface area contributed by atoms with Gasteiger partial charge >= 0.3 is 5.97 Å². The second kappa shape index (κ2) is 6.22. The first-order valence-electron chi connectivity index (χ1n) is 6.93. The summed E-state index contributed by atoms with van der Waals surface area (Å²) in [6, 6.07) is 7.02. The lowest BCUT2D eigenvalue weighted by atomic mass is 10.2. The monoisotopic (exact) mass is 352 g/mol. The van der Waals surface area contributed by atoms with Crippen LogP contribution in [0.2, 0.25) is 10.3 Å². The van der Waals surface area contributed by atoms with Crippen LogP contribution < -0.4 is 10.2 Å². The number of nitrogens with one attached hydrogen (secondary N) is 1. The van der Waals surface area contributed by atoms with Crippen molar-refractivity contribution in [1.82, 2.24) is 9.97 Å². The SMILES string of the molecule is COC(=O)c1ccc2c(n1)NC(C)N2Cc1ccc(Cl)nc1Cl. The molecule has 3 rings (SSSR count). The summed E-state index contributed by atoms with van der Waals surface area (Å²) in [4.78, 5) is 22.0. The van der Waals surface area contributed by atoms with Gasteiger partial charge in [-0.15, -0.1) is 0 Å². The molecule has 1 aliphatic heterocycles. The summed E-state index contributed by atoms with van der Waals surface area (Å²) in [5.41, 5.74) is 2.00. The van der Waals surface area contributed by atoms with E-state index in [1.807, 2.05) is 19.1 Å². The highest BCUT2D eigenvalue weighted by Gasteiger charge is 2.28. The fourth-order valence-corrected chi connectivity index (χ4v) is 2.86. The van der Waals surface area contributed by atoms with E-state index in [1.54, 1.807) is 12.1 Å². The minimum absolute atomic E-state index is 0.00265. The standard InChI is InChI=1S/C15H14Cl2N4O2/c1-8-18-14-11(5-4-10(19-14)15(22)23-2)21(8)7-9-3-6-12(16)20-13(9)17/h3-6,8H,7H2,1-2H3,(H,18,19). The maximum Gasteiger partial charge on any atom is 0.356 e. The van der Waals surface area contributed by atoms with Crippen molar-refractivity contribution in [2.24, 2.45) is 0 Å². The average Bonchev–Trinajstić information content (AvgIpc) is 2.84. The molecule has 1 N–H and O–H groups in total. The van der Waals surface area contributed by atoms with E-state index in [2.05, 4.69) is 20.2 Å². The van der Waals surface area contributed by atoms with Crippen molar-refractivity contribution < 1.29 is 9.53 Å². The Morgan fingerprint density at radius 3 is 2.78 bits per heavy atom. The first kappa shape index (κ1) is 15.8. The van der Waals surface area contributed by atoms with Crippen LogP contribution in [0.25, 0.3) is 0 Å². The van der Waals surface area contributed by atoms with Crippen LogP contribution in [0.3, 0.4) is 0 Å². The van der Waals surface area contributed by atoms with E-state index in [9.17, 15) is 4.79 Å². The van der Waals surface area contributed by atoms with Gasteiger partial charge < -0.3 is 15.0 Å². The van der Waals surface area contributed by atoms with Crippen molar-refractivity contribution in [2.75, 3.05) is 17.3 Å². The Bertz CT molecular complexity index is 769. The van der Waals surface area contributed by atoms with Crippen LogP contribution in [-0.2, 0) is 11.3 Å². The van der Waals surface area contributed by atoms with Gasteiger partial charge in [-0.05, 0) is 25.1 Å². The van der Waals surface area contributed by atoms with Crippen LogP contribution in [0.15, 0.2) is 24.3 Å². The Morgan fingerprint density at radius 1 is 1.30 bits per heavy atom. The first-order valence-corrected chi connectivity index (χ1v) is 7.68. The van der Waals surface area contributed by atoms with Gasteiger partial charge in [0.15, 0.2) is 11.5 Å². The minimum atomic E-state index is -0.467. The third-order valence-electron chi connectivity index (χ3n) is 3.62. The molecule has 3 heterocycles. The molecule has 2 aromatic heterocycles. The molecule has 0 saturated carbocycles. The molecule has 23 heavy (non-hydrogen) atoms. The number of fused-ring (bicyclic) bond motifs is 1. The highest BCUT2D eigenvalue weighted by atomic mass is 35.5. The second-order valence-corrected chi connectivity index (χ2v) is 5.83. The second-order valence-electron chi connectivity index (χ2n) is 5.09. The molecule has 2 aromatic rings. The highest BCUT2D eigenvalue weighted by Crippen LogP contribution is 2.35. The number of anilines is 2. The number of carbonyl (C=O) groups excluding carboxylic acids is 1. The van der Waals surface area contributed by atoms with Gasteiger partial charge in [-0.3, -0.25) is 0 Å². The molecular formula is C15H14Cl2N4O2. The van der Waals surface area contributed by atoms with Gasteiger partial charge in [0.2, 0.25) is 0 Å². The number of halogens is 2. The lowest BCUT2D eigenvalue weighted by Gasteiger charge is -2.24. The van der Waals surface area contributed by atoms with Crippen molar-refractivity contribution >= 4 is 40.7 Å². The number of carbonyl (C=O) groups is 1. The van der Waals surface area contributed by atoms with Crippen LogP contribution in [0.1, 0.15) is 23.0 Å². The molecule has 0 bridgehead atoms. The number of hydrogen-bond donors (Lipinski definition) is 1. The minimum Gasteiger partial charge on any atom is -0.464 e. The Morgan fingerprint density at radius 2 is 2.09 bits per heavy atom. The van der Waals surface area contributed by atoms with Crippen LogP contribution >= 0.6 is 23.2 Å². The van der Waals surface area contributed by atoms with E-state index in [-0.39, 0.29) is 11.9 Å². The normalized spacial score (nSPS) is 16.0. The molecule has 0 aromatic carbocycles. The lowest BCUT2D eigenvalue weighted by Crippen LogP contribution is -2.32. The topological polar surface area (TPSA) is 67.3 Å². The molecule has 0 radical (unpaired) electrons. The van der Waals surface area contributed by atoms with E-state index in [0.29, 0.717) is 22.7 Å². The van der Waals surface area contributed by atoms with Crippen molar-refractivity contribution in [3.63, 3.8) is 0 Å². The van der Waals surface area contributed by atoms with E-state index in [1.165, 1.54) is 7.11 Å². The molecule has 0 amide bonds. The number of methoxy groups -OCH3 is 1. The third kappa shape index (κ3) is 3.04. The van der Waals surface area contributed by atoms with Gasteiger partial charge in [-0.2, -0.15) is 0 Å². The largest absolute Gasteiger partial charge is 0.464 e. The van der Waals surface area contributed by atoms with Crippen LogP contribution in [0.4, 0.5) is 11.5 Å². The number of aromatic nitrogens is 2. The summed E-state index contributed by atoms with van der Waals surface area (Å²) in [6.45, 7) is 2.54. The maximum atomic E-state index is 11.6. The zero-order valence-electron chi connectivity index (χ0n) is 12.5. The number of nitrogens with zero attached hydrogens (tertiary/aromatic N) is 3. The molecular weight excluding hydrogens is 339 g/mol. The summed E-state index contributed by atoms with van der Waals surface area (Å²) in [5, 5.41) is 3.97. The van der Waals surface area contributed by atoms with Gasteiger partial charge in [0.1, 0.15) is 10.3 Å². The summed E-state index contributed by atoms with van der Waals surface area (Å²) >= 11 is 12.0. The van der Waals surface area contributed by atoms with E-state index in [4.69, 9.17) is 27.9 Å². The Balaban J connectivity index is 1.89. The number of esters is 1. The van der Waals surface area contributed by atoms with Gasteiger partial charge in [-0.1, -0.05) is 29.3 Å². The molecule has 0 saturated heterocycles. The van der Waals surface area contributed by atoms with Crippen molar-refractivity contribution in [1.29, 1.82) is 0 Å². The quantitative estimate of drug-likeness (QED) is 0.674. The van der Waals surface area contributed by atoms with Gasteiger partial charge in [-0.25, -0.2) is 14.8 Å². The van der Waals surface area contributed by atoms with Crippen molar-refractivity contribution in [2.45, 2.75) is 19.6 Å². The van der Waals surface area contributed by atoms with Crippen LogP contribution in [0, 0.1) is 0 Å². The Kier molecular flexibility index (Phi) is 4.28. The summed E-state index contributed by atoms with van der Waals surface area (Å²) in [6.07, 6.45) is -0.00265. The first-order chi connectivity index (χ1) is 11.0. The number of ether oxygens (including phenoxy) is 1. The lowest BCUT2D eigenvalue weighted by molar-refractivity contribution is 0.0594. The van der Waals surface area contributed by atoms with Crippen LogP contribution in [0.5, 0.6) is 0 Å². The molecule has 1 atom stereocenters. The summed E-state index contributed by atoms with van der Waals surface area (Å²) in [7, 11) is 1.33. The Hall–Kier alpha value is -2.05. The highest BCUT2D eigenvalue weighted by molar-refractivity contribution is 6.32. The summed E-state index contributed by atoms with van der Waals surface area (Å²) in [5.74, 6) is 0.170. The van der Waals surface area contributed by atoms with Crippen molar-refractivity contribution in [3.8, 4) is 0 Å². The molecule has 1 unspecified atom stereocenters. The molecule has 120 valence electrons. The molecule has 8 heteroatoms. The van der Waals surface area contributed by atoms with Crippen molar-refractivity contribution in [3.05, 3.63) is 45.8 Å². The number of rotatable bonds is 3.